The molecule has 2 aliphatic rings. The number of hydrogen-bond donors (Lipinski definition) is 1. The quantitative estimate of drug-likeness (QED) is 0.858. The predicted molar refractivity (Wildman–Crippen MR) is 82.1 cm³/mol. The summed E-state index contributed by atoms with van der Waals surface area (Å²) in [7, 11) is -3.54. The van der Waals surface area contributed by atoms with Crippen LogP contribution in [0.3, 0.4) is 0 Å². The van der Waals surface area contributed by atoms with Crippen molar-refractivity contribution in [3.8, 4) is 0 Å². The van der Waals surface area contributed by atoms with Crippen molar-refractivity contribution in [2.24, 2.45) is 17.6 Å². The molecule has 1 heterocycles. The zero-order chi connectivity index (χ0) is 14.5. The fraction of sp³-hybridized carbons (Fsp3) is 0.538. The summed E-state index contributed by atoms with van der Waals surface area (Å²) in [4.78, 5) is 0.169. The Labute approximate surface area is 132 Å². The second-order valence-electron chi connectivity index (χ2n) is 5.56. The normalized spacial score (nSPS) is 30.6. The van der Waals surface area contributed by atoms with E-state index in [1.54, 1.807) is 18.2 Å². The van der Waals surface area contributed by atoms with Crippen LogP contribution < -0.4 is 5.73 Å². The minimum absolute atomic E-state index is 0.123. The van der Waals surface area contributed by atoms with Crippen molar-refractivity contribution in [1.29, 1.82) is 0 Å². The lowest BCUT2D eigenvalue weighted by atomic mass is 9.98. The molecule has 0 radical (unpaired) electrons. The molecule has 3 atom stereocenters. The molecule has 0 amide bonds. The highest BCUT2D eigenvalue weighted by Crippen LogP contribution is 2.40. The molecular weight excluding hydrogens is 364 g/mol. The summed E-state index contributed by atoms with van der Waals surface area (Å²) >= 11 is 9.35. The molecule has 1 saturated heterocycles. The van der Waals surface area contributed by atoms with Gasteiger partial charge in [-0.15, -0.1) is 0 Å². The van der Waals surface area contributed by atoms with Gasteiger partial charge in [0.05, 0.1) is 5.02 Å². The third-order valence-electron chi connectivity index (χ3n) is 4.39. The van der Waals surface area contributed by atoms with Gasteiger partial charge in [-0.05, 0) is 42.9 Å². The molecule has 1 aromatic carbocycles. The standard InChI is InChI=1S/C13H16BrClN2O2S/c14-9-2-3-11(15)13(5-9)20(18,19)17-6-8-1-4-12(16)10(8)7-17/h2-3,5,8,10,12H,1,4,6-7,16H2. The van der Waals surface area contributed by atoms with Gasteiger partial charge in [0.15, 0.2) is 0 Å². The Kier molecular flexibility index (Phi) is 3.88. The highest BCUT2D eigenvalue weighted by molar-refractivity contribution is 9.10. The summed E-state index contributed by atoms with van der Waals surface area (Å²) in [6, 6.07) is 5.02. The van der Waals surface area contributed by atoms with Crippen LogP contribution in [0.2, 0.25) is 5.02 Å². The van der Waals surface area contributed by atoms with Gasteiger partial charge < -0.3 is 5.73 Å². The van der Waals surface area contributed by atoms with Crippen LogP contribution in [0.15, 0.2) is 27.6 Å². The first-order chi connectivity index (χ1) is 9.39. The van der Waals surface area contributed by atoms with E-state index in [1.165, 1.54) is 4.31 Å². The average molecular weight is 380 g/mol. The molecule has 7 heteroatoms. The van der Waals surface area contributed by atoms with E-state index in [-0.39, 0.29) is 21.9 Å². The first-order valence-electron chi connectivity index (χ1n) is 6.60. The van der Waals surface area contributed by atoms with Crippen molar-refractivity contribution in [1.82, 2.24) is 4.31 Å². The third-order valence-corrected chi connectivity index (χ3v) is 7.20. The van der Waals surface area contributed by atoms with E-state index in [1.807, 2.05) is 0 Å². The molecule has 1 aliphatic carbocycles. The van der Waals surface area contributed by atoms with Crippen molar-refractivity contribution in [3.63, 3.8) is 0 Å². The van der Waals surface area contributed by atoms with Gasteiger partial charge in [-0.2, -0.15) is 4.31 Å². The molecule has 3 unspecified atom stereocenters. The number of rotatable bonds is 2. The second kappa shape index (κ2) is 5.25. The number of halogens is 2. The summed E-state index contributed by atoms with van der Waals surface area (Å²) in [6.07, 6.45) is 2.02. The van der Waals surface area contributed by atoms with Gasteiger partial charge >= 0.3 is 0 Å². The molecule has 20 heavy (non-hydrogen) atoms. The fourth-order valence-electron chi connectivity index (χ4n) is 3.28. The van der Waals surface area contributed by atoms with Gasteiger partial charge in [-0.25, -0.2) is 8.42 Å². The maximum Gasteiger partial charge on any atom is 0.244 e. The van der Waals surface area contributed by atoms with Crippen LogP contribution in [0.4, 0.5) is 0 Å². The van der Waals surface area contributed by atoms with E-state index in [0.717, 1.165) is 12.8 Å². The smallest absolute Gasteiger partial charge is 0.244 e. The molecule has 3 rings (SSSR count). The van der Waals surface area contributed by atoms with E-state index in [2.05, 4.69) is 15.9 Å². The van der Waals surface area contributed by atoms with Gasteiger partial charge in [-0.3, -0.25) is 0 Å². The Balaban J connectivity index is 1.92. The second-order valence-corrected chi connectivity index (χ2v) is 8.79. The van der Waals surface area contributed by atoms with Crippen molar-refractivity contribution >= 4 is 37.6 Å². The van der Waals surface area contributed by atoms with Crippen molar-refractivity contribution in [2.45, 2.75) is 23.8 Å². The van der Waals surface area contributed by atoms with E-state index in [4.69, 9.17) is 17.3 Å². The predicted octanol–water partition coefficient (Wildman–Crippen LogP) is 2.46. The molecule has 0 spiro atoms. The number of nitrogens with zero attached hydrogens (tertiary/aromatic N) is 1. The van der Waals surface area contributed by atoms with E-state index < -0.39 is 10.0 Å². The summed E-state index contributed by atoms with van der Waals surface area (Å²) in [5, 5.41) is 0.259. The van der Waals surface area contributed by atoms with Gasteiger partial charge in [-0.1, -0.05) is 27.5 Å². The summed E-state index contributed by atoms with van der Waals surface area (Å²) < 4.78 is 27.7. The van der Waals surface area contributed by atoms with Crippen LogP contribution in [0, 0.1) is 11.8 Å². The molecular formula is C13H16BrClN2O2S. The number of benzene rings is 1. The van der Waals surface area contributed by atoms with Crippen LogP contribution in [-0.4, -0.2) is 31.9 Å². The summed E-state index contributed by atoms with van der Waals surface area (Å²) in [5.41, 5.74) is 6.06. The van der Waals surface area contributed by atoms with Crippen molar-refractivity contribution in [3.05, 3.63) is 27.7 Å². The molecule has 1 aromatic rings. The SMILES string of the molecule is NC1CCC2CN(S(=O)(=O)c3cc(Br)ccc3Cl)CC12. The van der Waals surface area contributed by atoms with E-state index in [9.17, 15) is 8.42 Å². The van der Waals surface area contributed by atoms with Crippen LogP contribution >= 0.6 is 27.5 Å². The molecule has 0 aromatic heterocycles. The monoisotopic (exact) mass is 378 g/mol. The molecule has 2 fully saturated rings. The highest BCUT2D eigenvalue weighted by atomic mass is 79.9. The lowest BCUT2D eigenvalue weighted by Gasteiger charge is -2.19. The van der Waals surface area contributed by atoms with Crippen molar-refractivity contribution in [2.75, 3.05) is 13.1 Å². The fourth-order valence-corrected chi connectivity index (χ4v) is 5.82. The topological polar surface area (TPSA) is 63.4 Å². The molecule has 1 aliphatic heterocycles. The van der Waals surface area contributed by atoms with Gasteiger partial charge in [0, 0.05) is 23.6 Å². The Morgan fingerprint density at radius 1 is 1.30 bits per heavy atom. The van der Waals surface area contributed by atoms with Crippen LogP contribution in [0.25, 0.3) is 0 Å². The molecule has 1 saturated carbocycles. The Morgan fingerprint density at radius 3 is 2.75 bits per heavy atom. The Morgan fingerprint density at radius 2 is 2.05 bits per heavy atom. The molecule has 2 N–H and O–H groups in total. The number of sulfonamides is 1. The summed E-state index contributed by atoms with van der Waals surface area (Å²) in [6.45, 7) is 1.07. The molecule has 110 valence electrons. The first-order valence-corrected chi connectivity index (χ1v) is 9.21. The van der Waals surface area contributed by atoms with Crippen LogP contribution in [0.1, 0.15) is 12.8 Å². The maximum atomic E-state index is 12.7. The van der Waals surface area contributed by atoms with Crippen LogP contribution in [0.5, 0.6) is 0 Å². The zero-order valence-electron chi connectivity index (χ0n) is 10.8. The van der Waals surface area contributed by atoms with Crippen LogP contribution in [-0.2, 0) is 10.0 Å². The molecule has 4 nitrogen and oxygen atoms in total. The maximum absolute atomic E-state index is 12.7. The van der Waals surface area contributed by atoms with Crippen molar-refractivity contribution < 1.29 is 8.42 Å². The first kappa shape index (κ1) is 14.8. The minimum Gasteiger partial charge on any atom is -0.327 e. The Bertz CT molecular complexity index is 637. The van der Waals surface area contributed by atoms with Gasteiger partial charge in [0.1, 0.15) is 4.90 Å². The minimum atomic E-state index is -3.54. The molecule has 0 bridgehead atoms. The Hall–Kier alpha value is -0.140. The van der Waals surface area contributed by atoms with E-state index in [0.29, 0.717) is 23.5 Å². The average Bonchev–Trinajstić information content (AvgIpc) is 2.95. The van der Waals surface area contributed by atoms with E-state index >= 15 is 0 Å². The lowest BCUT2D eigenvalue weighted by molar-refractivity contribution is 0.427. The zero-order valence-corrected chi connectivity index (χ0v) is 14.0. The van der Waals surface area contributed by atoms with Gasteiger partial charge in [0.25, 0.3) is 0 Å². The lowest BCUT2D eigenvalue weighted by Crippen LogP contribution is -2.33. The highest BCUT2D eigenvalue weighted by Gasteiger charge is 2.45. The third kappa shape index (κ3) is 2.41. The number of fused-ring (bicyclic) bond motifs is 1. The van der Waals surface area contributed by atoms with Gasteiger partial charge in [0.2, 0.25) is 10.0 Å². The largest absolute Gasteiger partial charge is 0.327 e. The number of nitrogens with two attached hydrogens (primary N) is 1. The summed E-state index contributed by atoms with van der Waals surface area (Å²) in [5.74, 6) is 0.682. The number of hydrogen-bond acceptors (Lipinski definition) is 3.